The summed E-state index contributed by atoms with van der Waals surface area (Å²) in [4.78, 5) is 0. The van der Waals surface area contributed by atoms with E-state index in [0.29, 0.717) is 0 Å². The summed E-state index contributed by atoms with van der Waals surface area (Å²) in [5.41, 5.74) is 14.6. The zero-order valence-electron chi connectivity index (χ0n) is 36.2. The molecule has 0 unspecified atom stereocenters. The molecular formula is C66H42. The molecule has 0 heterocycles. The van der Waals surface area contributed by atoms with Gasteiger partial charge >= 0.3 is 0 Å². The Hall–Kier alpha value is -8.58. The lowest BCUT2D eigenvalue weighted by atomic mass is 9.88. The van der Waals surface area contributed by atoms with Crippen LogP contribution in [0.5, 0.6) is 0 Å². The SMILES string of the molecule is c1ccc2c(-c3ccc(-c4cc(-c5ccc(-c6c7ccccc7cc7ccccc67)cc5)cc(-c5ccc(-c6c7ccccc7cc7ccccc67)cc5)c4)cc3)c3ccccc3cc2c1. The van der Waals surface area contributed by atoms with Crippen LogP contribution >= 0.6 is 0 Å². The summed E-state index contributed by atoms with van der Waals surface area (Å²) in [7, 11) is 0. The summed E-state index contributed by atoms with van der Waals surface area (Å²) in [5.74, 6) is 0. The van der Waals surface area contributed by atoms with Crippen molar-refractivity contribution in [1.82, 2.24) is 0 Å². The van der Waals surface area contributed by atoms with E-state index in [2.05, 4.69) is 255 Å². The van der Waals surface area contributed by atoms with E-state index in [1.165, 1.54) is 131 Å². The third kappa shape index (κ3) is 6.46. The molecule has 0 atom stereocenters. The van der Waals surface area contributed by atoms with Gasteiger partial charge in [-0.2, -0.15) is 0 Å². The number of rotatable bonds is 6. The molecule has 0 aromatic heterocycles. The van der Waals surface area contributed by atoms with Gasteiger partial charge < -0.3 is 0 Å². The first-order valence-corrected chi connectivity index (χ1v) is 22.9. The molecule has 306 valence electrons. The van der Waals surface area contributed by atoms with Gasteiger partial charge in [-0.25, -0.2) is 0 Å². The second kappa shape index (κ2) is 15.6. The monoisotopic (exact) mass is 834 g/mol. The van der Waals surface area contributed by atoms with Crippen molar-refractivity contribution in [3.63, 3.8) is 0 Å². The van der Waals surface area contributed by atoms with E-state index in [9.17, 15) is 0 Å². The molecule has 66 heavy (non-hydrogen) atoms. The average molecular weight is 835 g/mol. The number of hydrogen-bond acceptors (Lipinski definition) is 0. The van der Waals surface area contributed by atoms with Crippen LogP contribution in [-0.2, 0) is 0 Å². The van der Waals surface area contributed by atoms with E-state index in [0.717, 1.165) is 0 Å². The van der Waals surface area contributed by atoms with Gasteiger partial charge in [0.2, 0.25) is 0 Å². The van der Waals surface area contributed by atoms with Crippen LogP contribution in [0.2, 0.25) is 0 Å². The second-order valence-electron chi connectivity index (χ2n) is 17.6. The van der Waals surface area contributed by atoms with Gasteiger partial charge in [-0.15, -0.1) is 0 Å². The maximum atomic E-state index is 2.37. The summed E-state index contributed by atoms with van der Waals surface area (Å²) >= 11 is 0. The van der Waals surface area contributed by atoms with Gasteiger partial charge in [-0.1, -0.05) is 218 Å². The van der Waals surface area contributed by atoms with E-state index in [1.807, 2.05) is 0 Å². The Labute approximate surface area is 384 Å². The molecule has 0 aliphatic carbocycles. The number of hydrogen-bond donors (Lipinski definition) is 0. The van der Waals surface area contributed by atoms with Gasteiger partial charge in [0.1, 0.15) is 0 Å². The van der Waals surface area contributed by atoms with Crippen molar-refractivity contribution in [2.24, 2.45) is 0 Å². The van der Waals surface area contributed by atoms with E-state index in [4.69, 9.17) is 0 Å². The molecule has 0 bridgehead atoms. The Morgan fingerprint density at radius 3 is 0.530 bits per heavy atom. The minimum absolute atomic E-state index is 1.18. The van der Waals surface area contributed by atoms with Crippen LogP contribution in [-0.4, -0.2) is 0 Å². The predicted molar refractivity (Wildman–Crippen MR) is 284 cm³/mol. The maximum Gasteiger partial charge on any atom is -0.00268 e. The van der Waals surface area contributed by atoms with E-state index in [1.54, 1.807) is 0 Å². The quantitative estimate of drug-likeness (QED) is 0.146. The van der Waals surface area contributed by atoms with Crippen LogP contribution in [0.15, 0.2) is 255 Å². The molecule has 0 saturated heterocycles. The molecule has 0 aliphatic rings. The highest BCUT2D eigenvalue weighted by Gasteiger charge is 2.15. The highest BCUT2D eigenvalue weighted by atomic mass is 14.2. The van der Waals surface area contributed by atoms with Crippen molar-refractivity contribution in [3.05, 3.63) is 255 Å². The van der Waals surface area contributed by atoms with Gasteiger partial charge in [-0.05, 0) is 168 Å². The molecule has 0 aliphatic heterocycles. The van der Waals surface area contributed by atoms with Crippen LogP contribution < -0.4 is 0 Å². The zero-order valence-corrected chi connectivity index (χ0v) is 36.2. The smallest absolute Gasteiger partial charge is 0.00268 e. The third-order valence-corrected chi connectivity index (χ3v) is 13.8. The number of fused-ring (bicyclic) bond motifs is 6. The molecular weight excluding hydrogens is 793 g/mol. The Morgan fingerprint density at radius 2 is 0.318 bits per heavy atom. The molecule has 0 fully saturated rings. The van der Waals surface area contributed by atoms with Gasteiger partial charge in [-0.3, -0.25) is 0 Å². The molecule has 0 radical (unpaired) electrons. The summed E-state index contributed by atoms with van der Waals surface area (Å²) in [6, 6.07) is 94.2. The molecule has 13 aromatic rings. The summed E-state index contributed by atoms with van der Waals surface area (Å²) in [5, 5.41) is 15.2. The zero-order chi connectivity index (χ0) is 43.6. The van der Waals surface area contributed by atoms with Crippen LogP contribution in [0.4, 0.5) is 0 Å². The molecule has 0 saturated carbocycles. The fourth-order valence-electron chi connectivity index (χ4n) is 10.6. The van der Waals surface area contributed by atoms with Gasteiger partial charge in [0, 0.05) is 0 Å². The molecule has 13 rings (SSSR count). The van der Waals surface area contributed by atoms with Gasteiger partial charge in [0.05, 0.1) is 0 Å². The standard InChI is InChI=1S/C66H42/c1-7-19-58-49(13-1)37-50-14-2-8-20-59(50)64(58)46-31-25-43(26-32-46)55-40-56(44-27-33-47(34-28-44)65-60-21-9-3-15-51(60)38-52-16-4-10-22-61(52)65)42-57(41-55)45-29-35-48(36-30-45)66-62-23-11-5-17-53(62)39-54-18-6-12-24-63(54)66/h1-42H. The first-order chi connectivity index (χ1) is 32.7. The molecule has 0 nitrogen and oxygen atoms in total. The topological polar surface area (TPSA) is 0 Å². The Kier molecular flexibility index (Phi) is 8.96. The molecule has 0 N–H and O–H groups in total. The number of benzene rings is 13. The van der Waals surface area contributed by atoms with Crippen LogP contribution in [0.25, 0.3) is 131 Å². The van der Waals surface area contributed by atoms with Crippen molar-refractivity contribution in [2.75, 3.05) is 0 Å². The first-order valence-electron chi connectivity index (χ1n) is 22.9. The fraction of sp³-hybridized carbons (Fsp3) is 0. The van der Waals surface area contributed by atoms with Crippen LogP contribution in [0, 0.1) is 0 Å². The second-order valence-corrected chi connectivity index (χ2v) is 17.6. The Morgan fingerprint density at radius 1 is 0.136 bits per heavy atom. The van der Waals surface area contributed by atoms with E-state index < -0.39 is 0 Å². The van der Waals surface area contributed by atoms with Crippen LogP contribution in [0.3, 0.4) is 0 Å². The van der Waals surface area contributed by atoms with Crippen molar-refractivity contribution in [3.8, 4) is 66.8 Å². The fourth-order valence-corrected chi connectivity index (χ4v) is 10.6. The lowest BCUT2D eigenvalue weighted by Crippen LogP contribution is -1.89. The van der Waals surface area contributed by atoms with Crippen molar-refractivity contribution in [1.29, 1.82) is 0 Å². The maximum absolute atomic E-state index is 2.37. The van der Waals surface area contributed by atoms with E-state index >= 15 is 0 Å². The van der Waals surface area contributed by atoms with E-state index in [-0.39, 0.29) is 0 Å². The normalized spacial score (nSPS) is 11.6. The highest BCUT2D eigenvalue weighted by molar-refractivity contribution is 6.15. The van der Waals surface area contributed by atoms with Crippen molar-refractivity contribution >= 4 is 64.6 Å². The van der Waals surface area contributed by atoms with Crippen LogP contribution in [0.1, 0.15) is 0 Å². The summed E-state index contributed by atoms with van der Waals surface area (Å²) < 4.78 is 0. The van der Waals surface area contributed by atoms with Crippen molar-refractivity contribution in [2.45, 2.75) is 0 Å². The Bertz CT molecular complexity index is 3410. The molecule has 13 aromatic carbocycles. The molecule has 0 amide bonds. The Balaban J connectivity index is 0.945. The lowest BCUT2D eigenvalue weighted by molar-refractivity contribution is 1.56. The highest BCUT2D eigenvalue weighted by Crippen LogP contribution is 2.42. The minimum Gasteiger partial charge on any atom is -0.0616 e. The van der Waals surface area contributed by atoms with Crippen molar-refractivity contribution < 1.29 is 0 Å². The largest absolute Gasteiger partial charge is 0.0616 e. The first kappa shape index (κ1) is 37.9. The summed E-state index contributed by atoms with van der Waals surface area (Å²) in [6.07, 6.45) is 0. The third-order valence-electron chi connectivity index (χ3n) is 13.8. The van der Waals surface area contributed by atoms with Gasteiger partial charge in [0.25, 0.3) is 0 Å². The average Bonchev–Trinajstić information content (AvgIpc) is 3.39. The minimum atomic E-state index is 1.18. The van der Waals surface area contributed by atoms with Gasteiger partial charge in [0.15, 0.2) is 0 Å². The summed E-state index contributed by atoms with van der Waals surface area (Å²) in [6.45, 7) is 0. The predicted octanol–water partition coefficient (Wildman–Crippen LogP) is 18.6. The lowest BCUT2D eigenvalue weighted by Gasteiger charge is -2.15. The molecule has 0 heteroatoms. The molecule has 0 spiro atoms.